The van der Waals surface area contributed by atoms with Gasteiger partial charge in [-0.1, -0.05) is 0 Å². The predicted molar refractivity (Wildman–Crippen MR) is 73.3 cm³/mol. The largest absolute Gasteiger partial charge is 0.550 e. The molecule has 0 amide bonds. The minimum atomic E-state index is -1.01. The van der Waals surface area contributed by atoms with Crippen LogP contribution in [0.3, 0.4) is 0 Å². The van der Waals surface area contributed by atoms with E-state index < -0.39 is 5.97 Å². The number of hydrogen-bond acceptors (Lipinski definition) is 4. The lowest BCUT2D eigenvalue weighted by Crippen LogP contribution is -2.53. The normalized spacial score (nSPS) is 11.9. The Bertz CT molecular complexity index is 434. The summed E-state index contributed by atoms with van der Waals surface area (Å²) in [6.07, 6.45) is 1.34. The van der Waals surface area contributed by atoms with Gasteiger partial charge in [-0.3, -0.25) is 0 Å². The van der Waals surface area contributed by atoms with Crippen molar-refractivity contribution in [2.24, 2.45) is 0 Å². The Hall–Kier alpha value is -1.75. The van der Waals surface area contributed by atoms with Gasteiger partial charge >= 0.3 is 0 Å². The van der Waals surface area contributed by atoms with E-state index >= 15 is 0 Å². The predicted octanol–water partition coefficient (Wildman–Crippen LogP) is 0.687. The molecule has 1 rings (SSSR count). The number of quaternary nitrogens is 1. The van der Waals surface area contributed by atoms with Crippen molar-refractivity contribution in [2.45, 2.75) is 39.2 Å². The average molecular weight is 281 g/mol. The van der Waals surface area contributed by atoms with Crippen molar-refractivity contribution in [3.8, 4) is 11.5 Å². The van der Waals surface area contributed by atoms with Crippen molar-refractivity contribution in [3.05, 3.63) is 23.8 Å². The minimum absolute atomic E-state index is 0.0317. The number of carbonyl (C=O) groups is 1. The fourth-order valence-corrected chi connectivity index (χ4v) is 1.98. The summed E-state index contributed by atoms with van der Waals surface area (Å²) in [4.78, 5) is 10.4. The van der Waals surface area contributed by atoms with E-state index in [-0.39, 0.29) is 12.5 Å². The summed E-state index contributed by atoms with van der Waals surface area (Å²) in [5.41, 5.74) is 5.10. The summed E-state index contributed by atoms with van der Waals surface area (Å²) in [7, 11) is 0. The number of aliphatic carboxylic acids is 1. The molecule has 3 N–H and O–H groups in total. The van der Waals surface area contributed by atoms with Crippen LogP contribution in [-0.2, 0) is 4.79 Å². The molecule has 0 aromatic heterocycles. The van der Waals surface area contributed by atoms with Crippen LogP contribution in [0.15, 0.2) is 18.2 Å². The van der Waals surface area contributed by atoms with Crippen LogP contribution >= 0.6 is 0 Å². The summed E-state index contributed by atoms with van der Waals surface area (Å²) in [6, 6.07) is 5.78. The van der Waals surface area contributed by atoms with Gasteiger partial charge in [0.05, 0.1) is 13.2 Å². The molecule has 0 bridgehead atoms. The van der Waals surface area contributed by atoms with Gasteiger partial charge in [-0.25, -0.2) is 0 Å². The second kappa shape index (κ2) is 8.43. The van der Waals surface area contributed by atoms with Gasteiger partial charge in [-0.15, -0.1) is 0 Å². The van der Waals surface area contributed by atoms with Crippen LogP contribution in [0, 0.1) is 0 Å². The molecule has 0 saturated carbocycles. The maximum atomic E-state index is 10.4. The number of rotatable bonds is 9. The van der Waals surface area contributed by atoms with Crippen LogP contribution in [0.5, 0.6) is 11.5 Å². The molecule has 0 radical (unpaired) electrons. The zero-order chi connectivity index (χ0) is 15.0. The Morgan fingerprint density at radius 2 is 1.90 bits per heavy atom. The number of carboxylic acid groups (broad SMARTS) is 1. The lowest BCUT2D eigenvalue weighted by atomic mass is 10.0. The maximum Gasteiger partial charge on any atom is 0.161 e. The monoisotopic (exact) mass is 281 g/mol. The molecule has 0 aliphatic heterocycles. The molecule has 0 spiro atoms. The van der Waals surface area contributed by atoms with Crippen molar-refractivity contribution < 1.29 is 25.1 Å². The molecule has 5 nitrogen and oxygen atoms in total. The van der Waals surface area contributed by atoms with E-state index in [4.69, 9.17) is 9.47 Å². The highest BCUT2D eigenvalue weighted by molar-refractivity contribution is 5.64. The summed E-state index contributed by atoms with van der Waals surface area (Å²) in [5, 5.41) is 10.4. The van der Waals surface area contributed by atoms with Crippen LogP contribution in [0.4, 0.5) is 0 Å². The summed E-state index contributed by atoms with van der Waals surface area (Å²) in [6.45, 7) is 4.99. The van der Waals surface area contributed by atoms with Gasteiger partial charge in [0, 0.05) is 18.0 Å². The van der Waals surface area contributed by atoms with Gasteiger partial charge in [0.1, 0.15) is 6.04 Å². The van der Waals surface area contributed by atoms with Gasteiger partial charge in [0.2, 0.25) is 0 Å². The van der Waals surface area contributed by atoms with Crippen molar-refractivity contribution in [1.29, 1.82) is 0 Å². The fourth-order valence-electron chi connectivity index (χ4n) is 1.98. The van der Waals surface area contributed by atoms with Crippen molar-refractivity contribution in [1.82, 2.24) is 0 Å². The molecule has 20 heavy (non-hydrogen) atoms. The summed E-state index contributed by atoms with van der Waals surface area (Å²) >= 11 is 0. The number of carbonyl (C=O) groups excluding carboxylic acids is 1. The zero-order valence-electron chi connectivity index (χ0n) is 12.2. The molecule has 0 heterocycles. The second-order valence-electron chi connectivity index (χ2n) is 4.53. The van der Waals surface area contributed by atoms with E-state index in [9.17, 15) is 9.90 Å². The van der Waals surface area contributed by atoms with Crippen LogP contribution in [0.25, 0.3) is 0 Å². The SMILES string of the molecule is CCOc1ccc([C@@H]([NH3+])CCCC(=O)[O-])cc1OCC. The molecule has 1 aromatic carbocycles. The number of ether oxygens (including phenoxy) is 2. The quantitative estimate of drug-likeness (QED) is 0.721. The molecular formula is C15H23NO4. The highest BCUT2D eigenvalue weighted by Gasteiger charge is 2.13. The first-order valence-corrected chi connectivity index (χ1v) is 7.00. The van der Waals surface area contributed by atoms with E-state index in [2.05, 4.69) is 5.73 Å². The first-order valence-electron chi connectivity index (χ1n) is 7.00. The third-order valence-electron chi connectivity index (χ3n) is 2.97. The average Bonchev–Trinajstić information content (AvgIpc) is 2.40. The van der Waals surface area contributed by atoms with Crippen molar-refractivity contribution >= 4 is 5.97 Å². The number of hydrogen-bond donors (Lipinski definition) is 1. The van der Waals surface area contributed by atoms with E-state index in [1.165, 1.54) is 0 Å². The molecule has 0 aliphatic carbocycles. The first-order chi connectivity index (χ1) is 9.58. The van der Waals surface area contributed by atoms with E-state index in [0.717, 1.165) is 11.3 Å². The topological polar surface area (TPSA) is 86.2 Å². The van der Waals surface area contributed by atoms with Crippen LogP contribution in [0.1, 0.15) is 44.7 Å². The van der Waals surface area contributed by atoms with Crippen LogP contribution < -0.4 is 20.3 Å². The molecular weight excluding hydrogens is 258 g/mol. The molecule has 112 valence electrons. The van der Waals surface area contributed by atoms with Gasteiger partial charge in [0.25, 0.3) is 0 Å². The smallest absolute Gasteiger partial charge is 0.161 e. The Labute approximate surface area is 119 Å². The third kappa shape index (κ3) is 5.09. The van der Waals surface area contributed by atoms with E-state index in [1.54, 1.807) is 0 Å². The van der Waals surface area contributed by atoms with Gasteiger partial charge in [-0.05, 0) is 44.9 Å². The highest BCUT2D eigenvalue weighted by Crippen LogP contribution is 2.30. The lowest BCUT2D eigenvalue weighted by Gasteiger charge is -2.14. The molecule has 0 unspecified atom stereocenters. The van der Waals surface area contributed by atoms with Crippen molar-refractivity contribution in [2.75, 3.05) is 13.2 Å². The zero-order valence-corrected chi connectivity index (χ0v) is 12.2. The number of carboxylic acids is 1. The summed E-state index contributed by atoms with van der Waals surface area (Å²) in [5.74, 6) is 0.416. The molecule has 1 atom stereocenters. The van der Waals surface area contributed by atoms with Crippen LogP contribution in [-0.4, -0.2) is 19.2 Å². The molecule has 0 aliphatic rings. The van der Waals surface area contributed by atoms with Gasteiger partial charge < -0.3 is 25.1 Å². The first kappa shape index (κ1) is 16.3. The van der Waals surface area contributed by atoms with Crippen LogP contribution in [0.2, 0.25) is 0 Å². The van der Waals surface area contributed by atoms with Crippen molar-refractivity contribution in [3.63, 3.8) is 0 Å². The fraction of sp³-hybridized carbons (Fsp3) is 0.533. The lowest BCUT2D eigenvalue weighted by molar-refractivity contribution is -0.428. The molecule has 5 heteroatoms. The number of benzene rings is 1. The Morgan fingerprint density at radius 3 is 2.50 bits per heavy atom. The standard InChI is InChI=1S/C15H23NO4/c1-3-19-13-9-8-11(10-14(13)20-4-2)12(16)6-5-7-15(17)18/h8-10,12H,3-7,16H2,1-2H3,(H,17,18)/t12-/m0/s1. The van der Waals surface area contributed by atoms with E-state index in [0.29, 0.717) is 31.8 Å². The third-order valence-corrected chi connectivity index (χ3v) is 2.97. The van der Waals surface area contributed by atoms with Gasteiger partial charge in [-0.2, -0.15) is 0 Å². The molecule has 1 aromatic rings. The molecule has 0 saturated heterocycles. The Morgan fingerprint density at radius 1 is 1.25 bits per heavy atom. The van der Waals surface area contributed by atoms with E-state index in [1.807, 2.05) is 32.0 Å². The maximum absolute atomic E-state index is 10.4. The minimum Gasteiger partial charge on any atom is -0.550 e. The summed E-state index contributed by atoms with van der Waals surface area (Å²) < 4.78 is 11.1. The highest BCUT2D eigenvalue weighted by atomic mass is 16.5. The Kier molecular flexibility index (Phi) is 6.87. The second-order valence-corrected chi connectivity index (χ2v) is 4.53. The van der Waals surface area contributed by atoms with Gasteiger partial charge in [0.15, 0.2) is 11.5 Å². The molecule has 0 fully saturated rings. The Balaban J connectivity index is 2.73.